The second kappa shape index (κ2) is 8.23. The zero-order chi connectivity index (χ0) is 19.3. The first-order valence-corrected chi connectivity index (χ1v) is 9.09. The lowest BCUT2D eigenvalue weighted by molar-refractivity contribution is 0.0472. The molecule has 0 fully saturated rings. The van der Waals surface area contributed by atoms with Crippen molar-refractivity contribution in [3.05, 3.63) is 88.4 Å². The summed E-state index contributed by atoms with van der Waals surface area (Å²) in [5.74, 6) is 1.46. The van der Waals surface area contributed by atoms with Crippen LogP contribution in [0.1, 0.15) is 21.5 Å². The quantitative estimate of drug-likeness (QED) is 0.548. The summed E-state index contributed by atoms with van der Waals surface area (Å²) in [5.41, 5.74) is 2.16. The maximum atomic E-state index is 12.3. The fourth-order valence-corrected chi connectivity index (χ4v) is 3.04. The van der Waals surface area contributed by atoms with Crippen LogP contribution in [0, 0.1) is 0 Å². The van der Waals surface area contributed by atoms with Crippen molar-refractivity contribution in [1.82, 2.24) is 0 Å². The lowest BCUT2D eigenvalue weighted by Crippen LogP contribution is -2.06. The van der Waals surface area contributed by atoms with E-state index in [4.69, 9.17) is 30.5 Å². The average Bonchev–Trinajstić information content (AvgIpc) is 3.21. The molecule has 5 nitrogen and oxygen atoms in total. The minimum Gasteiger partial charge on any atom is -0.489 e. The van der Waals surface area contributed by atoms with Gasteiger partial charge in [0.15, 0.2) is 11.5 Å². The Bertz CT molecular complexity index is 970. The molecule has 28 heavy (non-hydrogen) atoms. The summed E-state index contributed by atoms with van der Waals surface area (Å²) in [4.78, 5) is 12.3. The Balaban J connectivity index is 1.33. The number of rotatable bonds is 6. The molecule has 0 aliphatic carbocycles. The maximum absolute atomic E-state index is 12.3. The SMILES string of the molecule is O=C(OCc1cc(Cl)c2c(c1)OCO2)c1ccc(COc2ccccc2)cc1. The highest BCUT2D eigenvalue weighted by molar-refractivity contribution is 6.32. The van der Waals surface area contributed by atoms with Crippen LogP contribution in [0.3, 0.4) is 0 Å². The average molecular weight is 397 g/mol. The molecule has 3 aromatic rings. The van der Waals surface area contributed by atoms with Gasteiger partial charge in [0.1, 0.15) is 19.0 Å². The van der Waals surface area contributed by atoms with Gasteiger partial charge < -0.3 is 18.9 Å². The van der Waals surface area contributed by atoms with E-state index in [1.54, 1.807) is 24.3 Å². The third-order valence-electron chi connectivity index (χ3n) is 4.20. The summed E-state index contributed by atoms with van der Waals surface area (Å²) in [6.07, 6.45) is 0. The van der Waals surface area contributed by atoms with Gasteiger partial charge in [-0.25, -0.2) is 4.79 Å². The van der Waals surface area contributed by atoms with Gasteiger partial charge in [0.05, 0.1) is 10.6 Å². The summed E-state index contributed by atoms with van der Waals surface area (Å²) in [6.45, 7) is 0.654. The largest absolute Gasteiger partial charge is 0.489 e. The minimum atomic E-state index is -0.413. The Morgan fingerprint density at radius 1 is 0.929 bits per heavy atom. The molecular weight excluding hydrogens is 380 g/mol. The van der Waals surface area contributed by atoms with Crippen molar-refractivity contribution >= 4 is 17.6 Å². The topological polar surface area (TPSA) is 54.0 Å². The van der Waals surface area contributed by atoms with Gasteiger partial charge in [0.2, 0.25) is 6.79 Å². The molecule has 0 unspecified atom stereocenters. The van der Waals surface area contributed by atoms with E-state index in [0.717, 1.165) is 16.9 Å². The second-order valence-electron chi connectivity index (χ2n) is 6.19. The van der Waals surface area contributed by atoms with E-state index in [9.17, 15) is 4.79 Å². The molecule has 0 saturated heterocycles. The number of benzene rings is 3. The van der Waals surface area contributed by atoms with Gasteiger partial charge in [-0.15, -0.1) is 0 Å². The molecule has 0 spiro atoms. The fraction of sp³-hybridized carbons (Fsp3) is 0.136. The number of para-hydroxylation sites is 1. The monoisotopic (exact) mass is 396 g/mol. The summed E-state index contributed by atoms with van der Waals surface area (Å²) >= 11 is 6.14. The third-order valence-corrected chi connectivity index (χ3v) is 4.48. The van der Waals surface area contributed by atoms with Crippen LogP contribution in [0.4, 0.5) is 0 Å². The van der Waals surface area contributed by atoms with Crippen LogP contribution in [0.15, 0.2) is 66.7 Å². The first-order valence-electron chi connectivity index (χ1n) is 8.71. The van der Waals surface area contributed by atoms with E-state index in [0.29, 0.717) is 28.7 Å². The fourth-order valence-electron chi connectivity index (χ4n) is 2.76. The molecule has 0 N–H and O–H groups in total. The highest BCUT2D eigenvalue weighted by atomic mass is 35.5. The zero-order valence-corrected chi connectivity index (χ0v) is 15.6. The molecule has 0 bridgehead atoms. The van der Waals surface area contributed by atoms with Crippen LogP contribution in [-0.2, 0) is 18.0 Å². The van der Waals surface area contributed by atoms with E-state index >= 15 is 0 Å². The van der Waals surface area contributed by atoms with Crippen LogP contribution in [0.5, 0.6) is 17.2 Å². The normalized spacial score (nSPS) is 11.9. The van der Waals surface area contributed by atoms with Crippen molar-refractivity contribution in [2.24, 2.45) is 0 Å². The number of ether oxygens (including phenoxy) is 4. The zero-order valence-electron chi connectivity index (χ0n) is 14.9. The van der Waals surface area contributed by atoms with Gasteiger partial charge in [-0.2, -0.15) is 0 Å². The molecule has 0 radical (unpaired) electrons. The smallest absolute Gasteiger partial charge is 0.338 e. The number of carbonyl (C=O) groups is 1. The number of hydrogen-bond donors (Lipinski definition) is 0. The van der Waals surface area contributed by atoms with Gasteiger partial charge in [0.25, 0.3) is 0 Å². The lowest BCUT2D eigenvalue weighted by Gasteiger charge is -2.08. The summed E-state index contributed by atoms with van der Waals surface area (Å²) in [6, 6.07) is 20.2. The van der Waals surface area contributed by atoms with Gasteiger partial charge >= 0.3 is 5.97 Å². The number of hydrogen-bond acceptors (Lipinski definition) is 5. The highest BCUT2D eigenvalue weighted by Crippen LogP contribution is 2.39. The Hall–Kier alpha value is -3.18. The van der Waals surface area contributed by atoms with E-state index in [1.807, 2.05) is 42.5 Å². The van der Waals surface area contributed by atoms with E-state index in [1.165, 1.54) is 0 Å². The van der Waals surface area contributed by atoms with Crippen molar-refractivity contribution in [3.63, 3.8) is 0 Å². The second-order valence-corrected chi connectivity index (χ2v) is 6.59. The highest BCUT2D eigenvalue weighted by Gasteiger charge is 2.19. The summed E-state index contributed by atoms with van der Waals surface area (Å²) < 4.78 is 21.7. The molecule has 1 aliphatic heterocycles. The first-order chi connectivity index (χ1) is 13.7. The van der Waals surface area contributed by atoms with Crippen molar-refractivity contribution in [2.75, 3.05) is 6.79 Å². The summed E-state index contributed by atoms with van der Waals surface area (Å²) in [5, 5.41) is 0.434. The Morgan fingerprint density at radius 2 is 1.71 bits per heavy atom. The molecule has 0 amide bonds. The third kappa shape index (κ3) is 4.21. The van der Waals surface area contributed by atoms with Crippen molar-refractivity contribution in [3.8, 4) is 17.2 Å². The van der Waals surface area contributed by atoms with E-state index < -0.39 is 5.97 Å². The predicted octanol–water partition coefficient (Wildman–Crippen LogP) is 5.00. The molecule has 3 aromatic carbocycles. The Morgan fingerprint density at radius 3 is 2.50 bits per heavy atom. The number of halogens is 1. The molecule has 0 atom stereocenters. The van der Waals surface area contributed by atoms with Crippen molar-refractivity contribution < 1.29 is 23.7 Å². The number of fused-ring (bicyclic) bond motifs is 1. The summed E-state index contributed by atoms with van der Waals surface area (Å²) in [7, 11) is 0. The Kier molecular flexibility index (Phi) is 5.35. The van der Waals surface area contributed by atoms with E-state index in [2.05, 4.69) is 0 Å². The van der Waals surface area contributed by atoms with Crippen molar-refractivity contribution in [2.45, 2.75) is 13.2 Å². The van der Waals surface area contributed by atoms with Crippen LogP contribution in [-0.4, -0.2) is 12.8 Å². The van der Waals surface area contributed by atoms with Crippen LogP contribution in [0.2, 0.25) is 5.02 Å². The molecule has 4 rings (SSSR count). The minimum absolute atomic E-state index is 0.0913. The number of carbonyl (C=O) groups excluding carboxylic acids is 1. The van der Waals surface area contributed by atoms with Crippen LogP contribution in [0.25, 0.3) is 0 Å². The van der Waals surface area contributed by atoms with E-state index in [-0.39, 0.29) is 13.4 Å². The van der Waals surface area contributed by atoms with Gasteiger partial charge in [0, 0.05) is 0 Å². The van der Waals surface area contributed by atoms with Crippen molar-refractivity contribution in [1.29, 1.82) is 0 Å². The Labute approximate surface area is 167 Å². The number of esters is 1. The van der Waals surface area contributed by atoms with Gasteiger partial charge in [-0.3, -0.25) is 0 Å². The van der Waals surface area contributed by atoms with Gasteiger partial charge in [-0.1, -0.05) is 41.9 Å². The predicted molar refractivity (Wildman–Crippen MR) is 104 cm³/mol. The van der Waals surface area contributed by atoms with Gasteiger partial charge in [-0.05, 0) is 47.5 Å². The lowest BCUT2D eigenvalue weighted by atomic mass is 10.1. The maximum Gasteiger partial charge on any atom is 0.338 e. The molecular formula is C22H17ClO5. The molecule has 142 valence electrons. The first kappa shape index (κ1) is 18.2. The van der Waals surface area contributed by atoms with Crippen LogP contribution >= 0.6 is 11.6 Å². The molecule has 0 saturated carbocycles. The molecule has 0 aromatic heterocycles. The molecule has 1 heterocycles. The molecule has 1 aliphatic rings. The standard InChI is InChI=1S/C22H17ClO5/c23-19-10-16(11-20-21(19)28-14-27-20)13-26-22(24)17-8-6-15(7-9-17)12-25-18-4-2-1-3-5-18/h1-11H,12-14H2. The molecule has 6 heteroatoms. The van der Waals surface area contributed by atoms with Crippen LogP contribution < -0.4 is 14.2 Å².